The van der Waals surface area contributed by atoms with Crippen molar-refractivity contribution in [3.05, 3.63) is 59.2 Å². The first-order valence-corrected chi connectivity index (χ1v) is 10.8. The third kappa shape index (κ3) is 5.84. The lowest BCUT2D eigenvalue weighted by Crippen LogP contribution is -2.07. The highest BCUT2D eigenvalue weighted by Gasteiger charge is 2.35. The van der Waals surface area contributed by atoms with Crippen LogP contribution in [0.2, 0.25) is 0 Å². The third-order valence-electron chi connectivity index (χ3n) is 5.32. The van der Waals surface area contributed by atoms with Crippen LogP contribution in [0.15, 0.2) is 47.0 Å². The van der Waals surface area contributed by atoms with Crippen molar-refractivity contribution in [2.24, 2.45) is 0 Å². The Kier molecular flexibility index (Phi) is 7.75. The van der Waals surface area contributed by atoms with Crippen LogP contribution in [0, 0.1) is 0 Å². The molecule has 0 saturated carbocycles. The standard InChI is InChI=1S/C25H25F3N2O4/c1-4-6-15(2)19-13-17(10-9-16(19)7-5-8-22(31)32)23-29-24(34-30-23)18-11-12-21(33-3)20(14-18)25(26,27)28/h6,9-14H,4-5,7-8H2,1-3H3,(H,31,32)/b15-6-. The molecule has 180 valence electrons. The normalized spacial score (nSPS) is 12.1. The molecular weight excluding hydrogens is 449 g/mol. The maximum absolute atomic E-state index is 13.4. The molecule has 0 aliphatic heterocycles. The number of hydrogen-bond donors (Lipinski definition) is 1. The number of carboxylic acids is 1. The van der Waals surface area contributed by atoms with Crippen LogP contribution in [0.1, 0.15) is 49.8 Å². The summed E-state index contributed by atoms with van der Waals surface area (Å²) < 4.78 is 50.2. The average molecular weight is 474 g/mol. The molecule has 0 unspecified atom stereocenters. The molecule has 0 saturated heterocycles. The van der Waals surface area contributed by atoms with Gasteiger partial charge in [0.05, 0.1) is 12.7 Å². The fourth-order valence-corrected chi connectivity index (χ4v) is 3.67. The summed E-state index contributed by atoms with van der Waals surface area (Å²) in [5.74, 6) is -0.944. The molecule has 0 fully saturated rings. The molecule has 1 heterocycles. The van der Waals surface area contributed by atoms with Gasteiger partial charge in [-0.2, -0.15) is 18.2 Å². The molecule has 0 amide bonds. The van der Waals surface area contributed by atoms with Crippen molar-refractivity contribution in [1.29, 1.82) is 0 Å². The summed E-state index contributed by atoms with van der Waals surface area (Å²) in [7, 11) is 1.17. The van der Waals surface area contributed by atoms with Gasteiger partial charge in [-0.05, 0) is 67.2 Å². The molecule has 9 heteroatoms. The van der Waals surface area contributed by atoms with Gasteiger partial charge < -0.3 is 14.4 Å². The molecule has 2 aromatic carbocycles. The van der Waals surface area contributed by atoms with Gasteiger partial charge in [-0.15, -0.1) is 0 Å². The molecule has 0 spiro atoms. The summed E-state index contributed by atoms with van der Waals surface area (Å²) in [5, 5.41) is 12.9. The average Bonchev–Trinajstić information content (AvgIpc) is 3.28. The summed E-state index contributed by atoms with van der Waals surface area (Å²) in [6.07, 6.45) is -0.521. The number of carboxylic acid groups (broad SMARTS) is 1. The first-order chi connectivity index (χ1) is 16.1. The summed E-state index contributed by atoms with van der Waals surface area (Å²) in [6.45, 7) is 3.99. The number of halogens is 3. The number of alkyl halides is 3. The van der Waals surface area contributed by atoms with Gasteiger partial charge in [0.2, 0.25) is 5.82 Å². The fraction of sp³-hybridized carbons (Fsp3) is 0.320. The van der Waals surface area contributed by atoms with Crippen molar-refractivity contribution in [2.45, 2.75) is 45.7 Å². The molecule has 1 aromatic heterocycles. The zero-order chi connectivity index (χ0) is 24.9. The van der Waals surface area contributed by atoms with Crippen LogP contribution in [0.5, 0.6) is 5.75 Å². The Morgan fingerprint density at radius 3 is 2.56 bits per heavy atom. The molecule has 1 N–H and O–H groups in total. The van der Waals surface area contributed by atoms with E-state index in [0.29, 0.717) is 18.4 Å². The van der Waals surface area contributed by atoms with E-state index in [1.165, 1.54) is 19.2 Å². The van der Waals surface area contributed by atoms with Gasteiger partial charge in [-0.1, -0.05) is 30.3 Å². The minimum Gasteiger partial charge on any atom is -0.496 e. The Morgan fingerprint density at radius 1 is 1.18 bits per heavy atom. The second-order valence-corrected chi connectivity index (χ2v) is 7.75. The number of allylic oxidation sites excluding steroid dienone is 2. The number of aryl methyl sites for hydroxylation is 1. The van der Waals surface area contributed by atoms with Crippen molar-refractivity contribution in [3.8, 4) is 28.6 Å². The van der Waals surface area contributed by atoms with Crippen molar-refractivity contribution < 1.29 is 32.3 Å². The first-order valence-electron chi connectivity index (χ1n) is 10.8. The van der Waals surface area contributed by atoms with Crippen LogP contribution < -0.4 is 4.74 Å². The molecule has 3 aromatic rings. The Balaban J connectivity index is 1.96. The predicted octanol–water partition coefficient (Wildman–Crippen LogP) is 6.65. The molecule has 0 atom stereocenters. The second-order valence-electron chi connectivity index (χ2n) is 7.75. The van der Waals surface area contributed by atoms with Crippen LogP contribution in [0.4, 0.5) is 13.2 Å². The topological polar surface area (TPSA) is 85.5 Å². The SMILES string of the molecule is CC/C=C(/C)c1cc(-c2noc(-c3ccc(OC)c(C(F)(F)F)c3)n2)ccc1CCCC(=O)O. The Hall–Kier alpha value is -3.62. The van der Waals surface area contributed by atoms with Crippen molar-refractivity contribution in [3.63, 3.8) is 0 Å². The van der Waals surface area contributed by atoms with E-state index in [0.717, 1.165) is 29.2 Å². The van der Waals surface area contributed by atoms with Crippen LogP contribution in [-0.4, -0.2) is 28.3 Å². The molecule has 3 rings (SSSR count). The summed E-state index contributed by atoms with van der Waals surface area (Å²) in [5.41, 5.74) is 2.81. The monoisotopic (exact) mass is 474 g/mol. The van der Waals surface area contributed by atoms with Crippen LogP contribution in [0.25, 0.3) is 28.4 Å². The van der Waals surface area contributed by atoms with Gasteiger partial charge in [0, 0.05) is 17.5 Å². The number of nitrogens with zero attached hydrogens (tertiary/aromatic N) is 2. The molecule has 0 aliphatic carbocycles. The maximum Gasteiger partial charge on any atom is 0.419 e. The predicted molar refractivity (Wildman–Crippen MR) is 121 cm³/mol. The fourth-order valence-electron chi connectivity index (χ4n) is 3.67. The van der Waals surface area contributed by atoms with Gasteiger partial charge in [0.15, 0.2) is 0 Å². The molecule has 0 radical (unpaired) electrons. The van der Waals surface area contributed by atoms with Crippen LogP contribution >= 0.6 is 0 Å². The number of hydrogen-bond acceptors (Lipinski definition) is 5. The number of aromatic nitrogens is 2. The van der Waals surface area contributed by atoms with Gasteiger partial charge >= 0.3 is 12.1 Å². The smallest absolute Gasteiger partial charge is 0.419 e. The quantitative estimate of drug-likeness (QED) is 0.374. The zero-order valence-corrected chi connectivity index (χ0v) is 19.1. The number of rotatable bonds is 9. The molecular formula is C25H25F3N2O4. The molecule has 34 heavy (non-hydrogen) atoms. The summed E-state index contributed by atoms with van der Waals surface area (Å²) >= 11 is 0. The zero-order valence-electron chi connectivity index (χ0n) is 19.1. The second kappa shape index (κ2) is 10.5. The van der Waals surface area contributed by atoms with Gasteiger partial charge in [-0.25, -0.2) is 0 Å². The minimum absolute atomic E-state index is 0.0453. The molecule has 0 bridgehead atoms. The number of benzene rings is 2. The van der Waals surface area contributed by atoms with E-state index in [1.54, 1.807) is 6.07 Å². The summed E-state index contributed by atoms with van der Waals surface area (Å²) in [6, 6.07) is 9.14. The lowest BCUT2D eigenvalue weighted by Gasteiger charge is -2.12. The van der Waals surface area contributed by atoms with E-state index >= 15 is 0 Å². The number of ether oxygens (including phenoxy) is 1. The Labute approximate surface area is 195 Å². The highest BCUT2D eigenvalue weighted by atomic mass is 19.4. The number of carbonyl (C=O) groups is 1. The number of methoxy groups -OCH3 is 1. The van der Waals surface area contributed by atoms with Gasteiger partial charge in [0.1, 0.15) is 5.75 Å². The van der Waals surface area contributed by atoms with E-state index in [4.69, 9.17) is 14.4 Å². The van der Waals surface area contributed by atoms with E-state index in [9.17, 15) is 18.0 Å². The van der Waals surface area contributed by atoms with E-state index in [2.05, 4.69) is 16.2 Å². The van der Waals surface area contributed by atoms with Crippen molar-refractivity contribution in [1.82, 2.24) is 10.1 Å². The molecule has 0 aliphatic rings. The number of aliphatic carboxylic acids is 1. The third-order valence-corrected chi connectivity index (χ3v) is 5.32. The van der Waals surface area contributed by atoms with E-state index in [-0.39, 0.29) is 29.4 Å². The Morgan fingerprint density at radius 2 is 1.91 bits per heavy atom. The largest absolute Gasteiger partial charge is 0.496 e. The van der Waals surface area contributed by atoms with Crippen molar-refractivity contribution in [2.75, 3.05) is 7.11 Å². The highest BCUT2D eigenvalue weighted by molar-refractivity contribution is 5.72. The van der Waals surface area contributed by atoms with E-state index < -0.39 is 17.7 Å². The van der Waals surface area contributed by atoms with Crippen molar-refractivity contribution >= 4 is 11.5 Å². The maximum atomic E-state index is 13.4. The van der Waals surface area contributed by atoms with Crippen LogP contribution in [-0.2, 0) is 17.4 Å². The lowest BCUT2D eigenvalue weighted by atomic mass is 9.94. The van der Waals surface area contributed by atoms with Gasteiger partial charge in [-0.3, -0.25) is 4.79 Å². The Bertz CT molecular complexity index is 1200. The highest BCUT2D eigenvalue weighted by Crippen LogP contribution is 2.38. The van der Waals surface area contributed by atoms with Gasteiger partial charge in [0.25, 0.3) is 5.89 Å². The first kappa shape index (κ1) is 25.0. The van der Waals surface area contributed by atoms with Crippen LogP contribution in [0.3, 0.4) is 0 Å². The minimum atomic E-state index is -4.60. The molecule has 6 nitrogen and oxygen atoms in total. The summed E-state index contributed by atoms with van der Waals surface area (Å²) in [4.78, 5) is 15.2. The lowest BCUT2D eigenvalue weighted by molar-refractivity contribution is -0.139. The van der Waals surface area contributed by atoms with E-state index in [1.807, 2.05) is 26.0 Å².